The summed E-state index contributed by atoms with van der Waals surface area (Å²) in [5.41, 5.74) is 8.08. The van der Waals surface area contributed by atoms with Gasteiger partial charge >= 0.3 is 6.03 Å². The highest BCUT2D eigenvalue weighted by Gasteiger charge is 2.53. The number of nitrogens with one attached hydrogen (secondary N) is 4. The molecule has 34 heavy (non-hydrogen) atoms. The Morgan fingerprint density at radius 1 is 1.24 bits per heavy atom. The highest BCUT2D eigenvalue weighted by molar-refractivity contribution is 8.00. The van der Waals surface area contributed by atoms with Gasteiger partial charge in [-0.3, -0.25) is 14.5 Å². The molecule has 0 aromatic carbocycles. The first-order chi connectivity index (χ1) is 16.2. The van der Waals surface area contributed by atoms with Gasteiger partial charge in [0.25, 0.3) is 0 Å². The van der Waals surface area contributed by atoms with E-state index in [1.807, 2.05) is 6.92 Å². The number of thioether (sulfide) groups is 1. The Kier molecular flexibility index (Phi) is 6.85. The number of alkyl halides is 1. The summed E-state index contributed by atoms with van der Waals surface area (Å²) in [5, 5.41) is -0.810. The maximum absolute atomic E-state index is 13.5. The summed E-state index contributed by atoms with van der Waals surface area (Å²) in [7, 11) is -3.79. The number of halogens is 1. The van der Waals surface area contributed by atoms with Gasteiger partial charge in [0, 0.05) is 18.6 Å². The summed E-state index contributed by atoms with van der Waals surface area (Å²) in [5.74, 6) is -0.253. The molecule has 3 heterocycles. The molecule has 2 saturated carbocycles. The molecule has 2 aliphatic carbocycles. The van der Waals surface area contributed by atoms with Crippen LogP contribution in [-0.2, 0) is 19.7 Å². The van der Waals surface area contributed by atoms with Gasteiger partial charge in [-0.1, -0.05) is 0 Å². The number of amides is 3. The molecule has 6 atom stereocenters. The summed E-state index contributed by atoms with van der Waals surface area (Å²) in [6, 6.07) is -0.588. The molecule has 3 amide bonds. The molecule has 0 aromatic heterocycles. The molecular weight excluding hydrogens is 487 g/mol. The number of hydrazine groups is 1. The zero-order valence-corrected chi connectivity index (χ0v) is 20.8. The number of rotatable bonds is 8. The van der Waals surface area contributed by atoms with E-state index < -0.39 is 33.4 Å². The third-order valence-electron chi connectivity index (χ3n) is 7.55. The van der Waals surface area contributed by atoms with Crippen LogP contribution in [0.2, 0.25) is 0 Å². The Morgan fingerprint density at radius 2 is 2.03 bits per heavy atom. The first kappa shape index (κ1) is 24.7. The number of hydroxylamine groups is 1. The smallest absolute Gasteiger partial charge is 0.318 e. The Balaban J connectivity index is 1.35. The lowest BCUT2D eigenvalue weighted by molar-refractivity contribution is -0.142. The number of carbonyl (C=O) groups is 2. The second kappa shape index (κ2) is 9.45. The molecule has 14 heteroatoms. The Hall–Kier alpha value is -1.03. The van der Waals surface area contributed by atoms with Crippen molar-refractivity contribution in [3.8, 4) is 0 Å². The quantitative estimate of drug-likeness (QED) is 0.350. The summed E-state index contributed by atoms with van der Waals surface area (Å²) >= 11 is 1.64. The van der Waals surface area contributed by atoms with Crippen molar-refractivity contribution in [3.05, 3.63) is 0 Å². The van der Waals surface area contributed by atoms with Crippen molar-refractivity contribution in [2.45, 2.75) is 79.8 Å². The number of urea groups is 1. The summed E-state index contributed by atoms with van der Waals surface area (Å²) in [6.07, 6.45) is 2.19. The third kappa shape index (κ3) is 4.82. The number of hydrogen-bond donors (Lipinski definition) is 4. The van der Waals surface area contributed by atoms with E-state index >= 15 is 0 Å². The van der Waals surface area contributed by atoms with Crippen LogP contribution in [0.5, 0.6) is 0 Å². The van der Waals surface area contributed by atoms with Crippen molar-refractivity contribution in [2.24, 2.45) is 5.92 Å². The van der Waals surface area contributed by atoms with Crippen LogP contribution in [0.3, 0.4) is 0 Å². The number of imide groups is 1. The molecular formula is C20H33FN6O5S2. The number of sulfonamides is 1. The van der Waals surface area contributed by atoms with Gasteiger partial charge in [-0.25, -0.2) is 33.2 Å². The highest BCUT2D eigenvalue weighted by Crippen LogP contribution is 2.41. The molecule has 5 aliphatic rings. The van der Waals surface area contributed by atoms with E-state index in [1.165, 1.54) is 4.90 Å². The van der Waals surface area contributed by atoms with Crippen LogP contribution in [0.15, 0.2) is 0 Å². The minimum absolute atomic E-state index is 0.0218. The van der Waals surface area contributed by atoms with Crippen LogP contribution in [-0.4, -0.2) is 90.1 Å². The van der Waals surface area contributed by atoms with Crippen molar-refractivity contribution >= 4 is 33.7 Å². The maximum atomic E-state index is 13.5. The molecule has 192 valence electrons. The number of nitrogens with zero attached hydrogens (tertiary/aromatic N) is 2. The second-order valence-corrected chi connectivity index (χ2v) is 13.3. The third-order valence-corrected chi connectivity index (χ3v) is 10.6. The number of hydrogen-bond acceptors (Lipinski definition) is 9. The lowest BCUT2D eigenvalue weighted by Crippen LogP contribution is -2.66. The standard InChI is InChI=1S/C20H33FN6O5S2/c1-12-6-13(32-24-12)8-27-18(28)15-7-14(34(30,31)25-20(10-21)4-5-20)2-3-16(15)26(19(27)29)9-17-23-22-11-33-17/h12-17,22-25H,2-11H2,1H3. The molecule has 3 aliphatic heterocycles. The normalized spacial score (nSPS) is 37.8. The fourth-order valence-corrected chi connectivity index (χ4v) is 8.18. The topological polar surface area (TPSA) is 132 Å². The fraction of sp³-hybridized carbons (Fsp3) is 0.900. The lowest BCUT2D eigenvalue weighted by Gasteiger charge is -2.49. The molecule has 6 unspecified atom stereocenters. The summed E-state index contributed by atoms with van der Waals surface area (Å²) in [4.78, 5) is 35.5. The van der Waals surface area contributed by atoms with Gasteiger partial charge in [0.2, 0.25) is 15.9 Å². The predicted octanol–water partition coefficient (Wildman–Crippen LogP) is 0.0160. The van der Waals surface area contributed by atoms with Crippen molar-refractivity contribution < 1.29 is 27.2 Å². The highest BCUT2D eigenvalue weighted by atomic mass is 32.2. The lowest BCUT2D eigenvalue weighted by atomic mass is 9.80. The first-order valence-corrected chi connectivity index (χ1v) is 14.5. The van der Waals surface area contributed by atoms with Gasteiger partial charge in [0.15, 0.2) is 0 Å². The molecule has 0 aromatic rings. The predicted molar refractivity (Wildman–Crippen MR) is 123 cm³/mol. The van der Waals surface area contributed by atoms with Crippen LogP contribution in [0, 0.1) is 5.92 Å². The Labute approximate surface area is 203 Å². The van der Waals surface area contributed by atoms with Gasteiger partial charge in [0.1, 0.15) is 6.67 Å². The van der Waals surface area contributed by atoms with E-state index in [1.54, 1.807) is 16.7 Å². The van der Waals surface area contributed by atoms with Gasteiger partial charge in [-0.05, 0) is 45.4 Å². The zero-order chi connectivity index (χ0) is 24.1. The van der Waals surface area contributed by atoms with Crippen molar-refractivity contribution in [1.29, 1.82) is 0 Å². The van der Waals surface area contributed by atoms with Crippen LogP contribution in [0.1, 0.15) is 45.4 Å². The van der Waals surface area contributed by atoms with E-state index in [-0.39, 0.29) is 48.5 Å². The van der Waals surface area contributed by atoms with Crippen LogP contribution >= 0.6 is 11.8 Å². The fourth-order valence-electron chi connectivity index (χ4n) is 5.44. The molecule has 0 bridgehead atoms. The molecule has 0 spiro atoms. The van der Waals surface area contributed by atoms with Gasteiger partial charge in [-0.2, -0.15) is 5.48 Å². The molecule has 5 fully saturated rings. The molecule has 4 N–H and O–H groups in total. The molecule has 0 radical (unpaired) electrons. The average molecular weight is 521 g/mol. The molecule has 11 nitrogen and oxygen atoms in total. The SMILES string of the molecule is CC1CC(CN2C(=O)C3CC(S(=O)(=O)NC4(CF)CC4)CCC3N(CC3NNCS3)C2=O)ON1. The van der Waals surface area contributed by atoms with Crippen molar-refractivity contribution in [1.82, 2.24) is 30.9 Å². The van der Waals surface area contributed by atoms with E-state index in [0.29, 0.717) is 44.5 Å². The summed E-state index contributed by atoms with van der Waals surface area (Å²) in [6.45, 7) is 1.76. The first-order valence-electron chi connectivity index (χ1n) is 11.9. The Morgan fingerprint density at radius 3 is 2.65 bits per heavy atom. The van der Waals surface area contributed by atoms with Gasteiger partial charge < -0.3 is 4.90 Å². The number of carbonyl (C=O) groups excluding carboxylic acids is 2. The van der Waals surface area contributed by atoms with E-state index in [9.17, 15) is 22.4 Å². The monoisotopic (exact) mass is 520 g/mol. The minimum atomic E-state index is -3.79. The van der Waals surface area contributed by atoms with E-state index in [2.05, 4.69) is 21.1 Å². The number of fused-ring (bicyclic) bond motifs is 1. The minimum Gasteiger partial charge on any atom is -0.318 e. The second-order valence-electron chi connectivity index (χ2n) is 10.2. The summed E-state index contributed by atoms with van der Waals surface area (Å²) < 4.78 is 42.1. The largest absolute Gasteiger partial charge is 0.327 e. The van der Waals surface area contributed by atoms with Crippen LogP contribution in [0.25, 0.3) is 0 Å². The zero-order valence-electron chi connectivity index (χ0n) is 19.2. The van der Waals surface area contributed by atoms with Gasteiger partial charge in [0.05, 0.1) is 40.6 Å². The maximum Gasteiger partial charge on any atom is 0.327 e. The van der Waals surface area contributed by atoms with E-state index in [4.69, 9.17) is 4.84 Å². The average Bonchev–Trinajstić information content (AvgIpc) is 3.17. The van der Waals surface area contributed by atoms with Crippen molar-refractivity contribution in [3.63, 3.8) is 0 Å². The van der Waals surface area contributed by atoms with Crippen LogP contribution < -0.4 is 21.1 Å². The van der Waals surface area contributed by atoms with Gasteiger partial charge in [-0.15, -0.1) is 11.8 Å². The molecule has 5 rings (SSSR count). The molecule has 3 saturated heterocycles. The van der Waals surface area contributed by atoms with E-state index in [0.717, 1.165) is 0 Å². The van der Waals surface area contributed by atoms with Crippen LogP contribution in [0.4, 0.5) is 9.18 Å². The Bertz CT molecular complexity index is 915. The van der Waals surface area contributed by atoms with Crippen molar-refractivity contribution in [2.75, 3.05) is 25.6 Å².